The molecule has 1 unspecified atom stereocenters. The van der Waals surface area contributed by atoms with E-state index in [2.05, 4.69) is 4.98 Å². The highest BCUT2D eigenvalue weighted by Gasteiger charge is 2.49. The van der Waals surface area contributed by atoms with E-state index in [4.69, 9.17) is 9.47 Å². The summed E-state index contributed by atoms with van der Waals surface area (Å²) in [7, 11) is 0. The van der Waals surface area contributed by atoms with Crippen molar-refractivity contribution in [3.63, 3.8) is 0 Å². The van der Waals surface area contributed by atoms with Crippen molar-refractivity contribution in [3.8, 4) is 0 Å². The summed E-state index contributed by atoms with van der Waals surface area (Å²) >= 11 is 0. The van der Waals surface area contributed by atoms with E-state index in [1.807, 2.05) is 61.2 Å². The molecule has 2 fully saturated rings. The van der Waals surface area contributed by atoms with Gasteiger partial charge >= 0.3 is 0 Å². The van der Waals surface area contributed by atoms with E-state index in [0.717, 1.165) is 35.4 Å². The molecule has 1 atom stereocenters. The molecule has 5 heteroatoms. The number of aromatic nitrogens is 1. The van der Waals surface area contributed by atoms with E-state index in [9.17, 15) is 4.79 Å². The van der Waals surface area contributed by atoms with Gasteiger partial charge in [0.2, 0.25) is 0 Å². The van der Waals surface area contributed by atoms with Gasteiger partial charge in [0.25, 0.3) is 5.91 Å². The van der Waals surface area contributed by atoms with Crippen molar-refractivity contribution >= 4 is 5.91 Å². The van der Waals surface area contributed by atoms with Crippen LogP contribution in [-0.4, -0.2) is 47.2 Å². The van der Waals surface area contributed by atoms with Crippen molar-refractivity contribution < 1.29 is 14.3 Å². The third kappa shape index (κ3) is 4.04. The fourth-order valence-electron chi connectivity index (χ4n) is 3.98. The van der Waals surface area contributed by atoms with Crippen LogP contribution in [0.4, 0.5) is 0 Å². The molecule has 1 spiro atoms. The number of amides is 1. The molecule has 0 radical (unpaired) electrons. The Kier molecular flexibility index (Phi) is 4.98. The van der Waals surface area contributed by atoms with Crippen LogP contribution in [0.3, 0.4) is 0 Å². The number of ether oxygens (including phenoxy) is 2. The number of hydrogen-bond acceptors (Lipinski definition) is 4. The van der Waals surface area contributed by atoms with Gasteiger partial charge in [-0.2, -0.15) is 0 Å². The van der Waals surface area contributed by atoms with Crippen molar-refractivity contribution in [2.24, 2.45) is 0 Å². The number of nitrogens with zero attached hydrogens (tertiary/aromatic N) is 2. The Morgan fingerprint density at radius 3 is 2.85 bits per heavy atom. The average molecular weight is 366 g/mol. The number of hydrogen-bond donors (Lipinski definition) is 0. The van der Waals surface area contributed by atoms with Crippen LogP contribution in [-0.2, 0) is 16.1 Å². The summed E-state index contributed by atoms with van der Waals surface area (Å²) in [6.07, 6.45) is 1.87. The SMILES string of the molecule is Cc1cccc(C(=O)N2CC3(CC(OCc4cccc(C)n4)CCO3)C2)c1. The van der Waals surface area contributed by atoms with E-state index in [-0.39, 0.29) is 17.6 Å². The number of likely N-dealkylation sites (tertiary alicyclic amines) is 1. The van der Waals surface area contributed by atoms with Gasteiger partial charge in [-0.3, -0.25) is 9.78 Å². The zero-order valence-electron chi connectivity index (χ0n) is 16.0. The van der Waals surface area contributed by atoms with Crippen LogP contribution >= 0.6 is 0 Å². The Morgan fingerprint density at radius 2 is 2.07 bits per heavy atom. The number of carbonyl (C=O) groups excluding carboxylic acids is 1. The van der Waals surface area contributed by atoms with Crippen LogP contribution in [0.15, 0.2) is 42.5 Å². The minimum absolute atomic E-state index is 0.0833. The Bertz CT molecular complexity index is 830. The van der Waals surface area contributed by atoms with Gasteiger partial charge in [-0.15, -0.1) is 0 Å². The van der Waals surface area contributed by atoms with Crippen LogP contribution in [0.1, 0.15) is 40.2 Å². The summed E-state index contributed by atoms with van der Waals surface area (Å²) in [4.78, 5) is 19.0. The molecular formula is C22H26N2O3. The molecule has 3 heterocycles. The maximum absolute atomic E-state index is 12.7. The summed E-state index contributed by atoms with van der Waals surface area (Å²) in [5, 5.41) is 0. The maximum atomic E-state index is 12.7. The molecule has 0 N–H and O–H groups in total. The van der Waals surface area contributed by atoms with Gasteiger partial charge in [0.1, 0.15) is 5.60 Å². The fraction of sp³-hybridized carbons (Fsp3) is 0.455. The van der Waals surface area contributed by atoms with Crippen LogP contribution in [0.25, 0.3) is 0 Å². The number of aryl methyl sites for hydroxylation is 2. The van der Waals surface area contributed by atoms with E-state index in [0.29, 0.717) is 26.3 Å². The highest BCUT2D eigenvalue weighted by Crippen LogP contribution is 2.36. The molecule has 2 aliphatic heterocycles. The normalized spacial score (nSPS) is 21.1. The van der Waals surface area contributed by atoms with E-state index in [1.54, 1.807) is 0 Å². The van der Waals surface area contributed by atoms with Gasteiger partial charge in [0, 0.05) is 24.3 Å². The molecule has 1 aromatic heterocycles. The lowest BCUT2D eigenvalue weighted by molar-refractivity contribution is -0.188. The predicted octanol–water partition coefficient (Wildman–Crippen LogP) is 3.29. The highest BCUT2D eigenvalue weighted by atomic mass is 16.5. The predicted molar refractivity (Wildman–Crippen MR) is 103 cm³/mol. The fourth-order valence-corrected chi connectivity index (χ4v) is 3.98. The number of rotatable bonds is 4. The van der Waals surface area contributed by atoms with E-state index >= 15 is 0 Å². The Morgan fingerprint density at radius 1 is 1.26 bits per heavy atom. The van der Waals surface area contributed by atoms with Crippen LogP contribution in [0.5, 0.6) is 0 Å². The zero-order chi connectivity index (χ0) is 18.9. The summed E-state index contributed by atoms with van der Waals surface area (Å²) < 4.78 is 12.2. The molecule has 0 bridgehead atoms. The second kappa shape index (κ2) is 7.41. The Hall–Kier alpha value is -2.24. The number of benzene rings is 1. The van der Waals surface area contributed by atoms with Crippen LogP contribution < -0.4 is 0 Å². The molecule has 5 nitrogen and oxygen atoms in total. The topological polar surface area (TPSA) is 51.7 Å². The smallest absolute Gasteiger partial charge is 0.254 e. The monoisotopic (exact) mass is 366 g/mol. The van der Waals surface area contributed by atoms with Crippen molar-refractivity contribution in [1.82, 2.24) is 9.88 Å². The van der Waals surface area contributed by atoms with Crippen LogP contribution in [0.2, 0.25) is 0 Å². The molecule has 2 aromatic rings. The van der Waals surface area contributed by atoms with Gasteiger partial charge in [0.15, 0.2) is 0 Å². The zero-order valence-corrected chi connectivity index (χ0v) is 16.0. The van der Waals surface area contributed by atoms with Gasteiger partial charge < -0.3 is 14.4 Å². The molecule has 1 amide bonds. The minimum atomic E-state index is -0.248. The highest BCUT2D eigenvalue weighted by molar-refractivity contribution is 5.95. The van der Waals surface area contributed by atoms with Crippen molar-refractivity contribution in [3.05, 3.63) is 65.0 Å². The molecule has 1 aromatic carbocycles. The Labute approximate surface area is 160 Å². The summed E-state index contributed by atoms with van der Waals surface area (Å²) in [5.41, 5.74) is 3.56. The van der Waals surface area contributed by atoms with E-state index < -0.39 is 0 Å². The van der Waals surface area contributed by atoms with Gasteiger partial charge in [-0.1, -0.05) is 23.8 Å². The van der Waals surface area contributed by atoms with Gasteiger partial charge in [-0.05, 0) is 44.5 Å². The molecular weight excluding hydrogens is 340 g/mol. The number of pyridine rings is 1. The quantitative estimate of drug-likeness (QED) is 0.833. The van der Waals surface area contributed by atoms with Crippen molar-refractivity contribution in [1.29, 1.82) is 0 Å². The first-order valence-corrected chi connectivity index (χ1v) is 9.57. The van der Waals surface area contributed by atoms with Gasteiger partial charge in [-0.25, -0.2) is 0 Å². The van der Waals surface area contributed by atoms with Crippen molar-refractivity contribution in [2.75, 3.05) is 19.7 Å². The Balaban J connectivity index is 1.32. The van der Waals surface area contributed by atoms with Crippen molar-refractivity contribution in [2.45, 2.75) is 45.0 Å². The molecule has 4 rings (SSSR count). The number of carbonyl (C=O) groups is 1. The summed E-state index contributed by atoms with van der Waals surface area (Å²) in [6, 6.07) is 13.7. The molecule has 0 aliphatic carbocycles. The molecule has 142 valence electrons. The van der Waals surface area contributed by atoms with E-state index in [1.165, 1.54) is 0 Å². The lowest BCUT2D eigenvalue weighted by Crippen LogP contribution is -2.67. The second-order valence-corrected chi connectivity index (χ2v) is 7.76. The standard InChI is InChI=1S/C22H26N2O3/c1-16-5-3-7-18(11-16)21(25)24-14-22(15-24)12-20(9-10-27-22)26-13-19-8-4-6-17(2)23-19/h3-8,11,20H,9-10,12-15H2,1-2H3. The molecule has 27 heavy (non-hydrogen) atoms. The summed E-state index contributed by atoms with van der Waals surface area (Å²) in [5.74, 6) is 0.0833. The first-order chi connectivity index (χ1) is 13.0. The molecule has 2 aliphatic rings. The lowest BCUT2D eigenvalue weighted by atomic mass is 9.84. The third-order valence-corrected chi connectivity index (χ3v) is 5.37. The summed E-state index contributed by atoms with van der Waals surface area (Å²) in [6.45, 7) is 6.47. The first kappa shape index (κ1) is 18.1. The first-order valence-electron chi connectivity index (χ1n) is 9.57. The van der Waals surface area contributed by atoms with Crippen LogP contribution in [0, 0.1) is 13.8 Å². The lowest BCUT2D eigenvalue weighted by Gasteiger charge is -2.53. The average Bonchev–Trinajstić information content (AvgIpc) is 2.64. The largest absolute Gasteiger partial charge is 0.372 e. The maximum Gasteiger partial charge on any atom is 0.254 e. The second-order valence-electron chi connectivity index (χ2n) is 7.76. The van der Waals surface area contributed by atoms with Gasteiger partial charge in [0.05, 0.1) is 31.5 Å². The molecule has 2 saturated heterocycles. The molecule has 0 saturated carbocycles. The third-order valence-electron chi connectivity index (χ3n) is 5.37. The minimum Gasteiger partial charge on any atom is -0.372 e.